The van der Waals surface area contributed by atoms with Crippen LogP contribution >= 0.6 is 0 Å². The minimum Gasteiger partial charge on any atom is -0.457 e. The molecule has 0 amide bonds. The third-order valence-corrected chi connectivity index (χ3v) is 4.17. The summed E-state index contributed by atoms with van der Waals surface area (Å²) in [5.74, 6) is 1.78. The maximum Gasteiger partial charge on any atom is 0.133 e. The van der Waals surface area contributed by atoms with E-state index >= 15 is 0 Å². The summed E-state index contributed by atoms with van der Waals surface area (Å²) in [5, 5.41) is 12.0. The molecule has 1 heterocycles. The van der Waals surface area contributed by atoms with E-state index in [1.807, 2.05) is 12.1 Å². The third-order valence-electron chi connectivity index (χ3n) is 4.17. The van der Waals surface area contributed by atoms with Crippen LogP contribution in [-0.2, 0) is 6.42 Å². The van der Waals surface area contributed by atoms with E-state index in [-0.39, 0.29) is 0 Å². The van der Waals surface area contributed by atoms with Crippen molar-refractivity contribution < 1.29 is 4.74 Å². The van der Waals surface area contributed by atoms with E-state index in [0.29, 0.717) is 0 Å². The van der Waals surface area contributed by atoms with Gasteiger partial charge in [-0.05, 0) is 68.7 Å². The van der Waals surface area contributed by atoms with Gasteiger partial charge in [0.2, 0.25) is 0 Å². The quantitative estimate of drug-likeness (QED) is 0.642. The lowest BCUT2D eigenvalue weighted by Gasteiger charge is -2.14. The average molecular weight is 323 g/mol. The van der Waals surface area contributed by atoms with Crippen LogP contribution in [0.15, 0.2) is 30.3 Å². The Hall–Kier alpha value is -2.49. The molecule has 4 heteroatoms. The number of ether oxygens (including phenoxy) is 1. The Bertz CT molecular complexity index is 828. The highest BCUT2D eigenvalue weighted by atomic mass is 16.5. The Balaban J connectivity index is 1.93. The highest BCUT2D eigenvalue weighted by Gasteiger charge is 2.10. The first-order valence-electron chi connectivity index (χ1n) is 8.62. The summed E-state index contributed by atoms with van der Waals surface area (Å²) in [6.45, 7) is 9.36. The minimum absolute atomic E-state index is 0.851. The fourth-order valence-electron chi connectivity index (χ4n) is 3.08. The number of benzene rings is 2. The molecule has 3 aromatic rings. The molecule has 0 spiro atoms. The summed E-state index contributed by atoms with van der Waals surface area (Å²) in [5.41, 5.74) is 5.56. The maximum absolute atomic E-state index is 6.21. The number of rotatable bonds is 6. The molecular formula is C20H25N3O. The van der Waals surface area contributed by atoms with Gasteiger partial charge in [0.05, 0.1) is 5.52 Å². The molecular weight excluding hydrogens is 298 g/mol. The van der Waals surface area contributed by atoms with Crippen molar-refractivity contribution in [3.63, 3.8) is 0 Å². The van der Waals surface area contributed by atoms with Gasteiger partial charge in [0.1, 0.15) is 11.5 Å². The number of aromatic amines is 1. The molecule has 0 unspecified atom stereocenters. The minimum atomic E-state index is 0.851. The second-order valence-corrected chi connectivity index (χ2v) is 6.20. The first-order chi connectivity index (χ1) is 11.6. The Morgan fingerprint density at radius 3 is 2.50 bits per heavy atom. The number of hydrogen-bond acceptors (Lipinski definition) is 3. The predicted molar refractivity (Wildman–Crippen MR) is 100 cm³/mol. The van der Waals surface area contributed by atoms with E-state index < -0.39 is 0 Å². The summed E-state index contributed by atoms with van der Waals surface area (Å²) in [6, 6.07) is 10.3. The molecule has 0 bridgehead atoms. The van der Waals surface area contributed by atoms with E-state index in [9.17, 15) is 0 Å². The zero-order valence-electron chi connectivity index (χ0n) is 14.9. The largest absolute Gasteiger partial charge is 0.457 e. The monoisotopic (exact) mass is 323 g/mol. The number of H-pyrrole nitrogens is 1. The molecule has 2 aromatic carbocycles. The number of hydrogen-bond donors (Lipinski definition) is 2. The van der Waals surface area contributed by atoms with Gasteiger partial charge in [-0.15, -0.1) is 0 Å². The predicted octanol–water partition coefficient (Wildman–Crippen LogP) is 5.36. The summed E-state index contributed by atoms with van der Waals surface area (Å²) in [4.78, 5) is 0. The Morgan fingerprint density at radius 1 is 1.08 bits per heavy atom. The number of aryl methyl sites for hydroxylation is 3. The van der Waals surface area contributed by atoms with Crippen LogP contribution in [0.3, 0.4) is 0 Å². The van der Waals surface area contributed by atoms with E-state index in [2.05, 4.69) is 61.4 Å². The number of nitrogens with zero attached hydrogens (tertiary/aromatic N) is 1. The van der Waals surface area contributed by atoms with Crippen LogP contribution in [0.1, 0.15) is 37.1 Å². The molecule has 1 aromatic heterocycles. The molecule has 0 fully saturated rings. The molecule has 3 rings (SSSR count). The summed E-state index contributed by atoms with van der Waals surface area (Å²) in [6.07, 6.45) is 2.09. The maximum atomic E-state index is 6.21. The summed E-state index contributed by atoms with van der Waals surface area (Å²) < 4.78 is 6.21. The van der Waals surface area contributed by atoms with Crippen molar-refractivity contribution in [2.75, 3.05) is 11.9 Å². The molecule has 2 N–H and O–H groups in total. The highest BCUT2D eigenvalue weighted by molar-refractivity contribution is 5.83. The highest BCUT2D eigenvalue weighted by Crippen LogP contribution is 2.33. The van der Waals surface area contributed by atoms with E-state index in [0.717, 1.165) is 58.6 Å². The van der Waals surface area contributed by atoms with Crippen LogP contribution in [0.25, 0.3) is 10.9 Å². The lowest BCUT2D eigenvalue weighted by atomic mass is 10.1. The smallest absolute Gasteiger partial charge is 0.133 e. The van der Waals surface area contributed by atoms with Gasteiger partial charge in [-0.2, -0.15) is 5.10 Å². The number of anilines is 1. The third kappa shape index (κ3) is 3.23. The molecule has 4 nitrogen and oxygen atoms in total. The van der Waals surface area contributed by atoms with E-state index in [1.165, 1.54) is 5.69 Å². The number of fused-ring (bicyclic) bond motifs is 1. The van der Waals surface area contributed by atoms with Gasteiger partial charge in [0.25, 0.3) is 0 Å². The average Bonchev–Trinajstić information content (AvgIpc) is 2.94. The van der Waals surface area contributed by atoms with Gasteiger partial charge < -0.3 is 10.1 Å². The second-order valence-electron chi connectivity index (χ2n) is 6.20. The van der Waals surface area contributed by atoms with Crippen LogP contribution in [0.4, 0.5) is 5.69 Å². The molecule has 0 aliphatic rings. The Kier molecular flexibility index (Phi) is 4.74. The Morgan fingerprint density at radius 2 is 1.83 bits per heavy atom. The standard InChI is InChI=1S/C20H25N3O/c1-5-7-18-17-12-16(8-9-19(17)23-22-18)24-20-13(3)10-15(21-6-2)11-14(20)4/h8-12,21H,5-7H2,1-4H3,(H,22,23). The SMILES string of the molecule is CCCc1[nH]nc2ccc(Oc3c(C)cc(NCC)cc3C)cc12. The number of nitrogens with one attached hydrogen (secondary N) is 2. The molecule has 0 aliphatic carbocycles. The topological polar surface area (TPSA) is 49.9 Å². The summed E-state index contributed by atoms with van der Waals surface area (Å²) >= 11 is 0. The first-order valence-corrected chi connectivity index (χ1v) is 8.62. The van der Waals surface area contributed by atoms with Gasteiger partial charge in [-0.3, -0.25) is 5.10 Å². The zero-order chi connectivity index (χ0) is 17.1. The van der Waals surface area contributed by atoms with Crippen molar-refractivity contribution in [1.29, 1.82) is 0 Å². The van der Waals surface area contributed by atoms with E-state index in [4.69, 9.17) is 4.74 Å². The van der Waals surface area contributed by atoms with Gasteiger partial charge in [0.15, 0.2) is 0 Å². The van der Waals surface area contributed by atoms with Crippen LogP contribution in [0.5, 0.6) is 11.5 Å². The fourth-order valence-corrected chi connectivity index (χ4v) is 3.08. The summed E-state index contributed by atoms with van der Waals surface area (Å²) in [7, 11) is 0. The Labute approximate surface area is 143 Å². The van der Waals surface area contributed by atoms with Crippen LogP contribution < -0.4 is 10.1 Å². The van der Waals surface area contributed by atoms with Crippen molar-refractivity contribution >= 4 is 16.6 Å². The molecule has 0 saturated heterocycles. The normalized spacial score (nSPS) is 11.0. The molecule has 0 aliphatic heterocycles. The van der Waals surface area contributed by atoms with Crippen molar-refractivity contribution in [2.24, 2.45) is 0 Å². The second kappa shape index (κ2) is 6.95. The van der Waals surface area contributed by atoms with Crippen molar-refractivity contribution in [3.05, 3.63) is 47.2 Å². The van der Waals surface area contributed by atoms with Gasteiger partial charge in [-0.25, -0.2) is 0 Å². The van der Waals surface area contributed by atoms with Crippen molar-refractivity contribution in [1.82, 2.24) is 10.2 Å². The van der Waals surface area contributed by atoms with E-state index in [1.54, 1.807) is 0 Å². The van der Waals surface area contributed by atoms with Crippen LogP contribution in [-0.4, -0.2) is 16.7 Å². The lowest BCUT2D eigenvalue weighted by molar-refractivity contribution is 0.476. The lowest BCUT2D eigenvalue weighted by Crippen LogP contribution is -1.99. The molecule has 126 valence electrons. The molecule has 24 heavy (non-hydrogen) atoms. The van der Waals surface area contributed by atoms with Gasteiger partial charge in [0, 0.05) is 23.3 Å². The molecule has 0 atom stereocenters. The molecule has 0 radical (unpaired) electrons. The van der Waals surface area contributed by atoms with Gasteiger partial charge >= 0.3 is 0 Å². The zero-order valence-corrected chi connectivity index (χ0v) is 14.9. The molecule has 0 saturated carbocycles. The van der Waals surface area contributed by atoms with Crippen LogP contribution in [0.2, 0.25) is 0 Å². The fraction of sp³-hybridized carbons (Fsp3) is 0.350. The van der Waals surface area contributed by atoms with Crippen molar-refractivity contribution in [2.45, 2.75) is 40.5 Å². The number of aromatic nitrogens is 2. The first kappa shape index (κ1) is 16.4. The van der Waals surface area contributed by atoms with Crippen molar-refractivity contribution in [3.8, 4) is 11.5 Å². The van der Waals surface area contributed by atoms with Gasteiger partial charge in [-0.1, -0.05) is 13.3 Å². The van der Waals surface area contributed by atoms with Crippen LogP contribution in [0, 0.1) is 13.8 Å².